The highest BCUT2D eigenvalue weighted by molar-refractivity contribution is 5.39. The smallest absolute Gasteiger partial charge is 0.119 e. The highest BCUT2D eigenvalue weighted by atomic mass is 16.5. The average molecular weight is 417 g/mol. The molecule has 0 fully saturated rings. The van der Waals surface area contributed by atoms with Gasteiger partial charge >= 0.3 is 0 Å². The molecule has 0 spiro atoms. The lowest BCUT2D eigenvalue weighted by Gasteiger charge is -2.13. The van der Waals surface area contributed by atoms with Crippen LogP contribution in [0, 0.1) is 0 Å². The molecule has 0 aliphatic heterocycles. The molecule has 0 bridgehead atoms. The minimum atomic E-state index is -0.753. The minimum Gasteiger partial charge on any atom is -0.508 e. The van der Waals surface area contributed by atoms with Gasteiger partial charge in [-0.2, -0.15) is 0 Å². The number of rotatable bonds is 15. The van der Waals surface area contributed by atoms with E-state index in [0.717, 1.165) is 70.4 Å². The number of aliphatic hydroxyl groups is 1. The third-order valence-corrected chi connectivity index (χ3v) is 5.02. The van der Waals surface area contributed by atoms with Gasteiger partial charge in [-0.1, -0.05) is 25.0 Å². The van der Waals surface area contributed by atoms with E-state index in [9.17, 15) is 15.3 Å². The zero-order valence-electron chi connectivity index (χ0n) is 17.7. The maximum Gasteiger partial charge on any atom is 0.119 e. The van der Waals surface area contributed by atoms with E-state index >= 15 is 0 Å². The topological polar surface area (TPSA) is 108 Å². The Balaban J connectivity index is 1.37. The van der Waals surface area contributed by atoms with Crippen LogP contribution in [0.4, 0.5) is 5.69 Å². The molecule has 0 radical (unpaired) electrons. The first-order valence-electron chi connectivity index (χ1n) is 10.9. The Labute approximate surface area is 179 Å². The third-order valence-electron chi connectivity index (χ3n) is 5.02. The van der Waals surface area contributed by atoms with Gasteiger partial charge in [-0.3, -0.25) is 0 Å². The molecule has 0 amide bonds. The Kier molecular flexibility index (Phi) is 11.1. The number of phenolic OH excluding ortho intramolecular Hbond substituents is 2. The molecule has 0 aromatic heterocycles. The minimum absolute atomic E-state index is 0.0481. The molecule has 0 saturated carbocycles. The number of nitrogen functional groups attached to an aromatic ring is 1. The van der Waals surface area contributed by atoms with Crippen molar-refractivity contribution in [2.45, 2.75) is 51.0 Å². The predicted molar refractivity (Wildman–Crippen MR) is 121 cm³/mol. The van der Waals surface area contributed by atoms with Crippen molar-refractivity contribution >= 4 is 5.69 Å². The summed E-state index contributed by atoms with van der Waals surface area (Å²) in [6, 6.07) is 12.2. The van der Waals surface area contributed by atoms with Crippen molar-refractivity contribution in [3.8, 4) is 11.5 Å². The number of aliphatic hydroxyl groups excluding tert-OH is 1. The monoisotopic (exact) mass is 416 g/mol. The van der Waals surface area contributed by atoms with Gasteiger partial charge in [-0.15, -0.1) is 0 Å². The number of nitrogens with two attached hydrogens (primary N) is 1. The van der Waals surface area contributed by atoms with Crippen LogP contribution in [0.5, 0.6) is 11.5 Å². The number of ether oxygens (including phenoxy) is 1. The highest BCUT2D eigenvalue weighted by Crippen LogP contribution is 2.24. The Morgan fingerprint density at radius 2 is 1.47 bits per heavy atom. The second-order valence-electron chi connectivity index (χ2n) is 7.73. The Morgan fingerprint density at radius 1 is 0.833 bits per heavy atom. The number of nitrogens with one attached hydrogen (secondary N) is 1. The van der Waals surface area contributed by atoms with Gasteiger partial charge in [-0.25, -0.2) is 0 Å². The Bertz CT molecular complexity index is 701. The summed E-state index contributed by atoms with van der Waals surface area (Å²) < 4.78 is 5.71. The molecule has 6 N–H and O–H groups in total. The van der Waals surface area contributed by atoms with E-state index in [4.69, 9.17) is 10.5 Å². The number of aromatic hydroxyl groups is 2. The first-order chi connectivity index (χ1) is 14.5. The van der Waals surface area contributed by atoms with Gasteiger partial charge in [0.25, 0.3) is 0 Å². The zero-order chi connectivity index (χ0) is 21.6. The quantitative estimate of drug-likeness (QED) is 0.223. The standard InChI is InChI=1S/C24H36N2O4/c25-21-10-8-19(9-11-21)7-3-6-14-30-13-5-2-1-4-12-26-18-24(29)20-15-22(27)17-23(28)16-20/h8-11,15-17,24,26-29H,1-7,12-14,18,25H2. The number of phenols is 2. The van der Waals surface area contributed by atoms with Gasteiger partial charge in [0.1, 0.15) is 11.5 Å². The lowest BCUT2D eigenvalue weighted by atomic mass is 10.1. The lowest BCUT2D eigenvalue weighted by molar-refractivity contribution is 0.126. The lowest BCUT2D eigenvalue weighted by Crippen LogP contribution is -2.22. The molecule has 6 heteroatoms. The van der Waals surface area contributed by atoms with Crippen molar-refractivity contribution in [1.29, 1.82) is 0 Å². The van der Waals surface area contributed by atoms with Crippen LogP contribution in [0.25, 0.3) is 0 Å². The van der Waals surface area contributed by atoms with E-state index in [-0.39, 0.29) is 11.5 Å². The van der Waals surface area contributed by atoms with E-state index in [2.05, 4.69) is 17.4 Å². The number of hydrogen-bond acceptors (Lipinski definition) is 6. The third kappa shape index (κ3) is 9.96. The SMILES string of the molecule is Nc1ccc(CCCCOCCCCCCNCC(O)c2cc(O)cc(O)c2)cc1. The van der Waals surface area contributed by atoms with Crippen LogP contribution in [0.15, 0.2) is 42.5 Å². The molecule has 6 nitrogen and oxygen atoms in total. The van der Waals surface area contributed by atoms with Gasteiger partial charge in [0.05, 0.1) is 6.10 Å². The van der Waals surface area contributed by atoms with Crippen molar-refractivity contribution < 1.29 is 20.1 Å². The zero-order valence-corrected chi connectivity index (χ0v) is 17.7. The van der Waals surface area contributed by atoms with Crippen molar-refractivity contribution in [3.05, 3.63) is 53.6 Å². The summed E-state index contributed by atoms with van der Waals surface area (Å²) in [6.45, 7) is 2.85. The second-order valence-corrected chi connectivity index (χ2v) is 7.73. The van der Waals surface area contributed by atoms with Gasteiger partial charge in [0.15, 0.2) is 0 Å². The number of aryl methyl sites for hydroxylation is 1. The van der Waals surface area contributed by atoms with Crippen LogP contribution >= 0.6 is 0 Å². The molecule has 166 valence electrons. The molecule has 2 rings (SSSR count). The molecule has 0 aliphatic rings. The fourth-order valence-electron chi connectivity index (χ4n) is 3.29. The van der Waals surface area contributed by atoms with Crippen LogP contribution in [-0.2, 0) is 11.2 Å². The van der Waals surface area contributed by atoms with Gasteiger partial charge in [-0.05, 0) is 74.0 Å². The maximum absolute atomic E-state index is 10.1. The van der Waals surface area contributed by atoms with Crippen molar-refractivity contribution in [1.82, 2.24) is 5.32 Å². The summed E-state index contributed by atoms with van der Waals surface area (Å²) in [6.07, 6.45) is 6.89. The summed E-state index contributed by atoms with van der Waals surface area (Å²) in [5.41, 5.74) is 8.33. The van der Waals surface area contributed by atoms with Crippen LogP contribution in [0.1, 0.15) is 55.8 Å². The summed E-state index contributed by atoms with van der Waals surface area (Å²) in [4.78, 5) is 0. The average Bonchev–Trinajstić information content (AvgIpc) is 2.72. The molecule has 2 aromatic rings. The molecule has 0 saturated heterocycles. The summed E-state index contributed by atoms with van der Waals surface area (Å²) in [5.74, 6) is -0.0962. The fourth-order valence-corrected chi connectivity index (χ4v) is 3.29. The summed E-state index contributed by atoms with van der Waals surface area (Å²) in [5, 5.41) is 32.2. The first-order valence-corrected chi connectivity index (χ1v) is 10.9. The molecule has 2 aromatic carbocycles. The molecule has 0 aliphatic carbocycles. The Hall–Kier alpha value is -2.28. The Morgan fingerprint density at radius 3 is 2.17 bits per heavy atom. The van der Waals surface area contributed by atoms with Crippen LogP contribution < -0.4 is 11.1 Å². The van der Waals surface area contributed by atoms with Gasteiger partial charge in [0.2, 0.25) is 0 Å². The van der Waals surface area contributed by atoms with Gasteiger partial charge < -0.3 is 31.1 Å². The van der Waals surface area contributed by atoms with Crippen LogP contribution in [0.2, 0.25) is 0 Å². The van der Waals surface area contributed by atoms with E-state index in [1.807, 2.05) is 12.1 Å². The van der Waals surface area contributed by atoms with E-state index in [1.54, 1.807) is 0 Å². The molecular formula is C24H36N2O4. The first kappa shape index (κ1) is 24.0. The second kappa shape index (κ2) is 13.9. The number of unbranched alkanes of at least 4 members (excludes halogenated alkanes) is 4. The molecular weight excluding hydrogens is 380 g/mol. The summed E-state index contributed by atoms with van der Waals surface area (Å²) in [7, 11) is 0. The number of hydrogen-bond donors (Lipinski definition) is 5. The van der Waals surface area contributed by atoms with Crippen LogP contribution in [-0.4, -0.2) is 41.6 Å². The predicted octanol–water partition coefficient (Wildman–Crippen LogP) is 3.90. The van der Waals surface area contributed by atoms with Crippen molar-refractivity contribution in [2.75, 3.05) is 32.0 Å². The largest absolute Gasteiger partial charge is 0.508 e. The maximum atomic E-state index is 10.1. The van der Waals surface area contributed by atoms with Crippen LogP contribution in [0.3, 0.4) is 0 Å². The molecule has 0 heterocycles. The normalized spacial score (nSPS) is 12.2. The van der Waals surface area contributed by atoms with Crippen molar-refractivity contribution in [2.24, 2.45) is 0 Å². The van der Waals surface area contributed by atoms with E-state index in [0.29, 0.717) is 12.1 Å². The summed E-state index contributed by atoms with van der Waals surface area (Å²) >= 11 is 0. The number of benzene rings is 2. The molecule has 1 unspecified atom stereocenters. The van der Waals surface area contributed by atoms with Gasteiger partial charge in [0, 0.05) is 31.5 Å². The fraction of sp³-hybridized carbons (Fsp3) is 0.500. The highest BCUT2D eigenvalue weighted by Gasteiger charge is 2.09. The van der Waals surface area contributed by atoms with E-state index < -0.39 is 6.10 Å². The van der Waals surface area contributed by atoms with E-state index in [1.165, 1.54) is 23.8 Å². The molecule has 1 atom stereocenters. The van der Waals surface area contributed by atoms with Crippen molar-refractivity contribution in [3.63, 3.8) is 0 Å². The molecule has 30 heavy (non-hydrogen) atoms. The number of anilines is 1.